The van der Waals surface area contributed by atoms with Crippen LogP contribution in [0.25, 0.3) is 0 Å². The van der Waals surface area contributed by atoms with Gasteiger partial charge in [-0.25, -0.2) is 4.79 Å². The van der Waals surface area contributed by atoms with Crippen LogP contribution in [-0.2, 0) is 4.74 Å². The molecule has 3 rings (SSSR count). The Bertz CT molecular complexity index is 443. The van der Waals surface area contributed by atoms with Gasteiger partial charge in [-0.3, -0.25) is 0 Å². The molecule has 4 heteroatoms. The van der Waals surface area contributed by atoms with Gasteiger partial charge in [-0.2, -0.15) is 0 Å². The molecule has 1 N–H and O–H groups in total. The largest absolute Gasteiger partial charge is 0.370 e. The molecule has 0 aromatic heterocycles. The molecule has 2 aliphatic rings. The number of morpholine rings is 1. The van der Waals surface area contributed by atoms with Crippen LogP contribution in [0.5, 0.6) is 0 Å². The van der Waals surface area contributed by atoms with E-state index in [0.29, 0.717) is 25.7 Å². The molecule has 20 heavy (non-hydrogen) atoms. The first kappa shape index (κ1) is 13.4. The number of benzene rings is 1. The van der Waals surface area contributed by atoms with Crippen LogP contribution in [0.3, 0.4) is 0 Å². The Balaban J connectivity index is 1.58. The lowest BCUT2D eigenvalue weighted by atomic mass is 10.1. The topological polar surface area (TPSA) is 41.6 Å². The van der Waals surface area contributed by atoms with E-state index in [1.54, 1.807) is 0 Å². The van der Waals surface area contributed by atoms with E-state index in [2.05, 4.69) is 17.4 Å². The predicted octanol–water partition coefficient (Wildman–Crippen LogP) is 2.71. The number of nitrogens with one attached hydrogen (secondary N) is 1. The first-order chi connectivity index (χ1) is 9.83. The molecule has 1 aromatic rings. The van der Waals surface area contributed by atoms with E-state index in [0.717, 1.165) is 18.4 Å². The fourth-order valence-electron chi connectivity index (χ4n) is 3.04. The number of carbonyl (C=O) groups excluding carboxylic acids is 1. The van der Waals surface area contributed by atoms with E-state index in [-0.39, 0.29) is 12.1 Å². The van der Waals surface area contributed by atoms with Crippen molar-refractivity contribution >= 4 is 6.03 Å². The summed E-state index contributed by atoms with van der Waals surface area (Å²) >= 11 is 0. The summed E-state index contributed by atoms with van der Waals surface area (Å²) in [5.41, 5.74) is 1.14. The van der Waals surface area contributed by atoms with Crippen molar-refractivity contribution in [2.75, 3.05) is 19.7 Å². The molecule has 0 spiro atoms. The maximum Gasteiger partial charge on any atom is 0.317 e. The molecule has 1 aliphatic heterocycles. The van der Waals surface area contributed by atoms with Gasteiger partial charge < -0.3 is 15.0 Å². The van der Waals surface area contributed by atoms with Crippen LogP contribution in [-0.4, -0.2) is 36.7 Å². The maximum atomic E-state index is 12.3. The summed E-state index contributed by atoms with van der Waals surface area (Å²) in [6.07, 6.45) is 4.72. The summed E-state index contributed by atoms with van der Waals surface area (Å²) in [5.74, 6) is 0. The van der Waals surface area contributed by atoms with E-state index in [9.17, 15) is 4.79 Å². The summed E-state index contributed by atoms with van der Waals surface area (Å²) in [6.45, 7) is 1.93. The van der Waals surface area contributed by atoms with Gasteiger partial charge in [0.1, 0.15) is 6.10 Å². The quantitative estimate of drug-likeness (QED) is 0.901. The second-order valence-corrected chi connectivity index (χ2v) is 5.65. The number of urea groups is 1. The molecule has 2 fully saturated rings. The highest BCUT2D eigenvalue weighted by atomic mass is 16.5. The monoisotopic (exact) mass is 274 g/mol. The van der Waals surface area contributed by atoms with Gasteiger partial charge in [0, 0.05) is 12.6 Å². The number of hydrogen-bond donors (Lipinski definition) is 1. The fraction of sp³-hybridized carbons (Fsp3) is 0.562. The SMILES string of the molecule is O=C(NC1CCCC1)N1CCO[C@H](c2ccccc2)C1. The zero-order chi connectivity index (χ0) is 13.8. The molecule has 0 unspecified atom stereocenters. The zero-order valence-electron chi connectivity index (χ0n) is 11.8. The van der Waals surface area contributed by atoms with E-state index < -0.39 is 0 Å². The van der Waals surface area contributed by atoms with Gasteiger partial charge >= 0.3 is 6.03 Å². The Labute approximate surface area is 120 Å². The third-order valence-corrected chi connectivity index (χ3v) is 4.21. The lowest BCUT2D eigenvalue weighted by molar-refractivity contribution is -0.0157. The summed E-state index contributed by atoms with van der Waals surface area (Å²) in [6, 6.07) is 10.6. The van der Waals surface area contributed by atoms with Crippen LogP contribution in [0.4, 0.5) is 4.79 Å². The molecule has 2 amide bonds. The Morgan fingerprint density at radius 1 is 1.20 bits per heavy atom. The molecule has 108 valence electrons. The number of amides is 2. The van der Waals surface area contributed by atoms with Crippen molar-refractivity contribution in [3.63, 3.8) is 0 Å². The van der Waals surface area contributed by atoms with Crippen molar-refractivity contribution in [3.05, 3.63) is 35.9 Å². The lowest BCUT2D eigenvalue weighted by Gasteiger charge is -2.34. The molecular weight excluding hydrogens is 252 g/mol. The molecule has 1 atom stereocenters. The standard InChI is InChI=1S/C16H22N2O2/c19-16(17-14-8-4-5-9-14)18-10-11-20-15(12-18)13-6-2-1-3-7-13/h1-3,6-7,14-15H,4-5,8-12H2,(H,17,19)/t15-/m0/s1. The Morgan fingerprint density at radius 3 is 2.70 bits per heavy atom. The second-order valence-electron chi connectivity index (χ2n) is 5.65. The molecule has 1 saturated carbocycles. The van der Waals surface area contributed by atoms with Crippen LogP contribution in [0.2, 0.25) is 0 Å². The molecule has 1 aromatic carbocycles. The van der Waals surface area contributed by atoms with Crippen molar-refractivity contribution in [1.82, 2.24) is 10.2 Å². The Hall–Kier alpha value is -1.55. The number of hydrogen-bond acceptors (Lipinski definition) is 2. The van der Waals surface area contributed by atoms with Crippen LogP contribution in [0, 0.1) is 0 Å². The van der Waals surface area contributed by atoms with Crippen LogP contribution >= 0.6 is 0 Å². The van der Waals surface area contributed by atoms with E-state index in [4.69, 9.17) is 4.74 Å². The van der Waals surface area contributed by atoms with Gasteiger partial charge in [-0.05, 0) is 18.4 Å². The summed E-state index contributed by atoms with van der Waals surface area (Å²) < 4.78 is 5.79. The van der Waals surface area contributed by atoms with Crippen LogP contribution in [0.15, 0.2) is 30.3 Å². The highest BCUT2D eigenvalue weighted by molar-refractivity contribution is 5.74. The maximum absolute atomic E-state index is 12.3. The van der Waals surface area contributed by atoms with Gasteiger partial charge in [0.05, 0.1) is 13.2 Å². The van der Waals surface area contributed by atoms with E-state index >= 15 is 0 Å². The molecule has 4 nitrogen and oxygen atoms in total. The number of nitrogens with zero attached hydrogens (tertiary/aromatic N) is 1. The fourth-order valence-corrected chi connectivity index (χ4v) is 3.04. The number of ether oxygens (including phenoxy) is 1. The van der Waals surface area contributed by atoms with Gasteiger partial charge in [0.2, 0.25) is 0 Å². The van der Waals surface area contributed by atoms with Crippen molar-refractivity contribution in [2.24, 2.45) is 0 Å². The molecule has 1 aliphatic carbocycles. The lowest BCUT2D eigenvalue weighted by Crippen LogP contribution is -2.49. The second kappa shape index (κ2) is 6.27. The molecule has 1 saturated heterocycles. The van der Waals surface area contributed by atoms with Gasteiger partial charge in [-0.15, -0.1) is 0 Å². The number of carbonyl (C=O) groups is 1. The van der Waals surface area contributed by atoms with Crippen molar-refractivity contribution < 1.29 is 9.53 Å². The molecule has 1 heterocycles. The van der Waals surface area contributed by atoms with E-state index in [1.165, 1.54) is 12.8 Å². The van der Waals surface area contributed by atoms with E-state index in [1.807, 2.05) is 23.1 Å². The highest BCUT2D eigenvalue weighted by Gasteiger charge is 2.27. The summed E-state index contributed by atoms with van der Waals surface area (Å²) in [4.78, 5) is 14.2. The zero-order valence-corrected chi connectivity index (χ0v) is 11.8. The third kappa shape index (κ3) is 3.12. The minimum Gasteiger partial charge on any atom is -0.370 e. The Morgan fingerprint density at radius 2 is 1.95 bits per heavy atom. The first-order valence-corrected chi connectivity index (χ1v) is 7.55. The minimum atomic E-state index is -0.000668. The van der Waals surface area contributed by atoms with Gasteiger partial charge in [0.15, 0.2) is 0 Å². The summed E-state index contributed by atoms with van der Waals surface area (Å²) in [5, 5.41) is 3.15. The smallest absolute Gasteiger partial charge is 0.317 e. The van der Waals surface area contributed by atoms with Crippen molar-refractivity contribution in [3.8, 4) is 0 Å². The van der Waals surface area contributed by atoms with Gasteiger partial charge in [0.25, 0.3) is 0 Å². The Kier molecular flexibility index (Phi) is 4.21. The minimum absolute atomic E-state index is 0.000668. The normalized spacial score (nSPS) is 23.8. The summed E-state index contributed by atoms with van der Waals surface area (Å²) in [7, 11) is 0. The van der Waals surface area contributed by atoms with Gasteiger partial charge in [-0.1, -0.05) is 43.2 Å². The van der Waals surface area contributed by atoms with Crippen molar-refractivity contribution in [1.29, 1.82) is 0 Å². The van der Waals surface area contributed by atoms with Crippen molar-refractivity contribution in [2.45, 2.75) is 37.8 Å². The average molecular weight is 274 g/mol. The average Bonchev–Trinajstić information content (AvgIpc) is 3.01. The van der Waals surface area contributed by atoms with Crippen LogP contribution in [0.1, 0.15) is 37.4 Å². The molecule has 0 radical (unpaired) electrons. The molecule has 0 bridgehead atoms. The van der Waals surface area contributed by atoms with Crippen LogP contribution < -0.4 is 5.32 Å². The first-order valence-electron chi connectivity index (χ1n) is 7.55. The molecular formula is C16H22N2O2. The number of rotatable bonds is 2. The highest BCUT2D eigenvalue weighted by Crippen LogP contribution is 2.23. The predicted molar refractivity (Wildman–Crippen MR) is 77.5 cm³/mol. The third-order valence-electron chi connectivity index (χ3n) is 4.21.